The second-order valence-electron chi connectivity index (χ2n) is 15.4. The van der Waals surface area contributed by atoms with E-state index < -0.39 is 0 Å². The molecule has 4 saturated carbocycles. The zero-order valence-corrected chi connectivity index (χ0v) is 23.3. The first-order valence-electron chi connectivity index (χ1n) is 14.2. The molecule has 2 N–H and O–H groups in total. The molecule has 5 rings (SSSR count). The molecule has 0 heterocycles. The molecular formula is C31H52O3. The summed E-state index contributed by atoms with van der Waals surface area (Å²) in [7, 11) is 1.84. The Morgan fingerprint density at radius 2 is 1.59 bits per heavy atom. The van der Waals surface area contributed by atoms with Crippen molar-refractivity contribution in [3.63, 3.8) is 0 Å². The van der Waals surface area contributed by atoms with E-state index in [1.807, 2.05) is 7.11 Å². The lowest BCUT2D eigenvalue weighted by atomic mass is 9.33. The molecule has 194 valence electrons. The lowest BCUT2D eigenvalue weighted by Gasteiger charge is -2.71. The molecule has 3 nitrogen and oxygen atoms in total. The van der Waals surface area contributed by atoms with E-state index in [1.54, 1.807) is 5.57 Å². The number of allylic oxidation sites excluding steroid dienone is 2. The van der Waals surface area contributed by atoms with Gasteiger partial charge in [-0.2, -0.15) is 0 Å². The first-order valence-corrected chi connectivity index (χ1v) is 14.2. The number of aliphatic hydroxyl groups excluding tert-OH is 2. The van der Waals surface area contributed by atoms with Gasteiger partial charge in [0.25, 0.3) is 0 Å². The van der Waals surface area contributed by atoms with Gasteiger partial charge in [0.15, 0.2) is 0 Å². The summed E-state index contributed by atoms with van der Waals surface area (Å²) in [6, 6.07) is 0. The van der Waals surface area contributed by atoms with Crippen molar-refractivity contribution in [3.8, 4) is 0 Å². The summed E-state index contributed by atoms with van der Waals surface area (Å²) >= 11 is 0. The zero-order valence-electron chi connectivity index (χ0n) is 23.3. The summed E-state index contributed by atoms with van der Waals surface area (Å²) in [6.07, 6.45) is 13.0. The fourth-order valence-electron chi connectivity index (χ4n) is 11.1. The van der Waals surface area contributed by atoms with Crippen LogP contribution in [-0.4, -0.2) is 36.1 Å². The molecule has 3 heteroatoms. The Hall–Kier alpha value is -0.380. The van der Waals surface area contributed by atoms with E-state index in [0.29, 0.717) is 17.8 Å². The third-order valence-corrected chi connectivity index (χ3v) is 13.5. The highest BCUT2D eigenvalue weighted by atomic mass is 16.5. The first-order chi connectivity index (χ1) is 15.7. The van der Waals surface area contributed by atoms with Crippen LogP contribution in [0.5, 0.6) is 0 Å². The molecule has 34 heavy (non-hydrogen) atoms. The molecule has 1 unspecified atom stereocenters. The molecule has 0 radical (unpaired) electrons. The average Bonchev–Trinajstić information content (AvgIpc) is 2.75. The average molecular weight is 473 g/mol. The number of ether oxygens (including phenoxy) is 1. The van der Waals surface area contributed by atoms with E-state index in [4.69, 9.17) is 4.74 Å². The van der Waals surface area contributed by atoms with Crippen LogP contribution in [0.2, 0.25) is 0 Å². The summed E-state index contributed by atoms with van der Waals surface area (Å²) in [6.45, 7) is 17.5. The fourth-order valence-corrected chi connectivity index (χ4v) is 11.1. The number of hydrogen-bond acceptors (Lipinski definition) is 3. The van der Waals surface area contributed by atoms with Crippen LogP contribution in [0.1, 0.15) is 106 Å². The molecule has 0 aromatic carbocycles. The smallest absolute Gasteiger partial charge is 0.0649 e. The number of methoxy groups -OCH3 is 1. The first kappa shape index (κ1) is 25.3. The highest BCUT2D eigenvalue weighted by Gasteiger charge is 2.69. The predicted octanol–water partition coefficient (Wildman–Crippen LogP) is 6.77. The van der Waals surface area contributed by atoms with Gasteiger partial charge in [-0.1, -0.05) is 60.1 Å². The maximum Gasteiger partial charge on any atom is 0.0649 e. The van der Waals surface area contributed by atoms with Gasteiger partial charge in [0.2, 0.25) is 0 Å². The highest BCUT2D eigenvalue weighted by molar-refractivity contribution is 5.34. The topological polar surface area (TPSA) is 49.7 Å². The Bertz CT molecular complexity index is 863. The third kappa shape index (κ3) is 2.99. The molecule has 0 aromatic rings. The van der Waals surface area contributed by atoms with E-state index >= 15 is 0 Å². The molecule has 4 fully saturated rings. The van der Waals surface area contributed by atoms with Crippen LogP contribution >= 0.6 is 0 Å². The van der Waals surface area contributed by atoms with Gasteiger partial charge in [0, 0.05) is 17.9 Å². The lowest BCUT2D eigenvalue weighted by molar-refractivity contribution is -0.222. The minimum atomic E-state index is -0.194. The van der Waals surface area contributed by atoms with Crippen LogP contribution in [0, 0.1) is 50.2 Å². The molecule has 5 aliphatic rings. The van der Waals surface area contributed by atoms with E-state index in [9.17, 15) is 10.2 Å². The van der Waals surface area contributed by atoms with E-state index in [-0.39, 0.29) is 51.3 Å². The number of rotatable bonds is 2. The van der Waals surface area contributed by atoms with Gasteiger partial charge in [0.1, 0.15) is 0 Å². The Labute approximate surface area is 209 Å². The molecule has 0 amide bonds. The SMILES string of the molecule is CO[C@H]1CC[C@@]2(C)C(CC[C@]3(C)[C@@H]2CC=C2[C@H]4CC(C)(C)C[C@@H](O)[C@]4(C)CC[C@]23C)[C@]1(C)CO. The van der Waals surface area contributed by atoms with Crippen molar-refractivity contribution in [2.75, 3.05) is 13.7 Å². The summed E-state index contributed by atoms with van der Waals surface area (Å²) in [4.78, 5) is 0. The van der Waals surface area contributed by atoms with Crippen LogP contribution in [0.15, 0.2) is 11.6 Å². The van der Waals surface area contributed by atoms with Crippen LogP contribution in [0.25, 0.3) is 0 Å². The Balaban J connectivity index is 1.57. The van der Waals surface area contributed by atoms with Gasteiger partial charge < -0.3 is 14.9 Å². The monoisotopic (exact) mass is 472 g/mol. The quantitative estimate of drug-likeness (QED) is 0.436. The van der Waals surface area contributed by atoms with Crippen LogP contribution in [0.4, 0.5) is 0 Å². The predicted molar refractivity (Wildman–Crippen MR) is 138 cm³/mol. The van der Waals surface area contributed by atoms with Gasteiger partial charge in [-0.25, -0.2) is 0 Å². The van der Waals surface area contributed by atoms with Gasteiger partial charge in [0.05, 0.1) is 18.8 Å². The summed E-state index contributed by atoms with van der Waals surface area (Å²) < 4.78 is 5.96. The zero-order chi connectivity index (χ0) is 24.9. The van der Waals surface area contributed by atoms with E-state index in [0.717, 1.165) is 25.7 Å². The van der Waals surface area contributed by atoms with Crippen molar-refractivity contribution in [2.24, 2.45) is 50.2 Å². The van der Waals surface area contributed by atoms with Gasteiger partial charge in [-0.05, 0) is 97.2 Å². The largest absolute Gasteiger partial charge is 0.396 e. The maximum absolute atomic E-state index is 11.3. The lowest BCUT2D eigenvalue weighted by Crippen LogP contribution is -2.66. The number of aliphatic hydroxyl groups is 2. The standard InChI is InChI=1S/C31H52O3/c1-26(2)17-21-20-9-10-23-28(4)13-12-25(34-8)29(5,19-32)22(28)11-14-31(23,7)30(20,6)16-15-27(21,3)24(33)18-26/h9,21-25,32-33H,10-19H2,1-8H3/t21-,22?,23-,24-,25+,27-,28+,29+,30-,31-/m1/s1. The van der Waals surface area contributed by atoms with E-state index in [1.165, 1.54) is 32.1 Å². The van der Waals surface area contributed by atoms with Crippen LogP contribution < -0.4 is 0 Å². The molecular weight excluding hydrogens is 420 g/mol. The second kappa shape index (κ2) is 7.57. The van der Waals surface area contributed by atoms with Crippen molar-refractivity contribution in [3.05, 3.63) is 11.6 Å². The van der Waals surface area contributed by atoms with Gasteiger partial charge in [-0.15, -0.1) is 0 Å². The summed E-state index contributed by atoms with van der Waals surface area (Å²) in [5, 5.41) is 22.0. The van der Waals surface area contributed by atoms with Crippen molar-refractivity contribution in [1.29, 1.82) is 0 Å². The van der Waals surface area contributed by atoms with Gasteiger partial charge >= 0.3 is 0 Å². The molecule has 0 spiro atoms. The van der Waals surface area contributed by atoms with E-state index in [2.05, 4.69) is 54.5 Å². The van der Waals surface area contributed by atoms with Crippen LogP contribution in [0.3, 0.4) is 0 Å². The molecule has 0 bridgehead atoms. The van der Waals surface area contributed by atoms with Crippen LogP contribution in [-0.2, 0) is 4.74 Å². The highest BCUT2D eigenvalue weighted by Crippen LogP contribution is 2.75. The Kier molecular flexibility index (Phi) is 5.63. The molecule has 0 aromatic heterocycles. The number of hydrogen-bond donors (Lipinski definition) is 2. The molecule has 10 atom stereocenters. The van der Waals surface area contributed by atoms with Crippen molar-refractivity contribution in [1.82, 2.24) is 0 Å². The van der Waals surface area contributed by atoms with Crippen molar-refractivity contribution in [2.45, 2.75) is 118 Å². The second-order valence-corrected chi connectivity index (χ2v) is 15.4. The Morgan fingerprint density at radius 1 is 0.882 bits per heavy atom. The Morgan fingerprint density at radius 3 is 2.24 bits per heavy atom. The minimum absolute atomic E-state index is 0.0249. The number of fused-ring (bicyclic) bond motifs is 7. The van der Waals surface area contributed by atoms with Crippen molar-refractivity contribution >= 4 is 0 Å². The molecule has 0 aliphatic heterocycles. The fraction of sp³-hybridized carbons (Fsp3) is 0.935. The normalized spacial score (nSPS) is 56.4. The summed E-state index contributed by atoms with van der Waals surface area (Å²) in [5.74, 6) is 1.65. The van der Waals surface area contributed by atoms with Gasteiger partial charge in [-0.3, -0.25) is 0 Å². The third-order valence-electron chi connectivity index (χ3n) is 13.5. The molecule has 5 aliphatic carbocycles. The maximum atomic E-state index is 11.3. The minimum Gasteiger partial charge on any atom is -0.396 e. The van der Waals surface area contributed by atoms with Crippen molar-refractivity contribution < 1.29 is 14.9 Å². The molecule has 0 saturated heterocycles. The summed E-state index contributed by atoms with van der Waals surface area (Å²) in [5.41, 5.74) is 2.47.